The number of sulfonamides is 1. The maximum Gasteiger partial charge on any atom is 0.261 e. The fourth-order valence-electron chi connectivity index (χ4n) is 2.51. The van der Waals surface area contributed by atoms with E-state index in [1.54, 1.807) is 24.3 Å². The lowest BCUT2D eigenvalue weighted by atomic mass is 10.2. The van der Waals surface area contributed by atoms with Crippen LogP contribution in [0.25, 0.3) is 0 Å². The van der Waals surface area contributed by atoms with Gasteiger partial charge in [0.2, 0.25) is 5.95 Å². The molecule has 0 atom stereocenters. The molecule has 0 aliphatic heterocycles. The van der Waals surface area contributed by atoms with Gasteiger partial charge >= 0.3 is 0 Å². The van der Waals surface area contributed by atoms with Gasteiger partial charge in [-0.05, 0) is 55.5 Å². The summed E-state index contributed by atoms with van der Waals surface area (Å²) >= 11 is 0. The first-order valence-electron chi connectivity index (χ1n) is 8.70. The van der Waals surface area contributed by atoms with Crippen LogP contribution >= 0.6 is 0 Å². The van der Waals surface area contributed by atoms with E-state index in [-0.39, 0.29) is 4.90 Å². The number of nitriles is 1. The van der Waals surface area contributed by atoms with Gasteiger partial charge in [0.1, 0.15) is 5.82 Å². The van der Waals surface area contributed by atoms with Crippen LogP contribution in [0.5, 0.6) is 0 Å². The van der Waals surface area contributed by atoms with Crippen molar-refractivity contribution in [3.05, 3.63) is 65.9 Å². The van der Waals surface area contributed by atoms with Gasteiger partial charge in [-0.1, -0.05) is 0 Å². The number of anilines is 4. The maximum absolute atomic E-state index is 12.5. The van der Waals surface area contributed by atoms with Crippen LogP contribution in [-0.2, 0) is 10.0 Å². The topological polar surface area (TPSA) is 111 Å². The first kappa shape index (κ1) is 20.1. The van der Waals surface area contributed by atoms with Crippen LogP contribution < -0.4 is 14.9 Å². The van der Waals surface area contributed by atoms with Crippen molar-refractivity contribution < 1.29 is 8.42 Å². The standard InChI is InChI=1S/C20H20N6O2S/c1-14-12-19(26(2)3)24-20(22-14)23-16-6-8-17(9-7-16)25-29(27,28)18-10-4-15(13-21)5-11-18/h4-12,25H,1-3H3,(H,22,23,24). The molecule has 148 valence electrons. The Morgan fingerprint density at radius 3 is 2.17 bits per heavy atom. The monoisotopic (exact) mass is 408 g/mol. The second kappa shape index (κ2) is 8.16. The van der Waals surface area contributed by atoms with Gasteiger partial charge in [0.25, 0.3) is 10.0 Å². The average molecular weight is 408 g/mol. The highest BCUT2D eigenvalue weighted by atomic mass is 32.2. The minimum Gasteiger partial charge on any atom is -0.363 e. The Labute approximate surface area is 169 Å². The molecule has 2 aromatic carbocycles. The molecule has 1 heterocycles. The van der Waals surface area contributed by atoms with Crippen LogP contribution in [0.4, 0.5) is 23.1 Å². The van der Waals surface area contributed by atoms with E-state index in [1.807, 2.05) is 38.1 Å². The molecule has 0 aliphatic rings. The summed E-state index contributed by atoms with van der Waals surface area (Å²) in [4.78, 5) is 10.8. The van der Waals surface area contributed by atoms with Crippen LogP contribution in [0.1, 0.15) is 11.3 Å². The van der Waals surface area contributed by atoms with Gasteiger partial charge in [0.05, 0.1) is 16.5 Å². The number of aromatic nitrogens is 2. The number of nitrogens with one attached hydrogen (secondary N) is 2. The summed E-state index contributed by atoms with van der Waals surface area (Å²) in [5.41, 5.74) is 2.37. The summed E-state index contributed by atoms with van der Waals surface area (Å²) in [6.45, 7) is 1.89. The first-order chi connectivity index (χ1) is 13.8. The van der Waals surface area contributed by atoms with Crippen LogP contribution in [0.3, 0.4) is 0 Å². The molecule has 0 saturated carbocycles. The predicted molar refractivity (Wildman–Crippen MR) is 113 cm³/mol. The van der Waals surface area contributed by atoms with Crippen molar-refractivity contribution in [1.82, 2.24) is 9.97 Å². The van der Waals surface area contributed by atoms with Crippen molar-refractivity contribution >= 4 is 33.2 Å². The molecule has 0 amide bonds. The molecular formula is C20H20N6O2S. The van der Waals surface area contributed by atoms with Gasteiger partial charge in [-0.3, -0.25) is 4.72 Å². The van der Waals surface area contributed by atoms with Crippen molar-refractivity contribution in [2.75, 3.05) is 29.0 Å². The van der Waals surface area contributed by atoms with Crippen molar-refractivity contribution in [1.29, 1.82) is 5.26 Å². The summed E-state index contributed by atoms with van der Waals surface area (Å²) < 4.78 is 27.5. The smallest absolute Gasteiger partial charge is 0.261 e. The molecule has 29 heavy (non-hydrogen) atoms. The molecular weight excluding hydrogens is 388 g/mol. The first-order valence-corrected chi connectivity index (χ1v) is 10.2. The van der Waals surface area contributed by atoms with Crippen molar-refractivity contribution in [2.45, 2.75) is 11.8 Å². The lowest BCUT2D eigenvalue weighted by Crippen LogP contribution is -2.13. The summed E-state index contributed by atoms with van der Waals surface area (Å²) in [7, 11) is 0.0653. The molecule has 0 spiro atoms. The molecule has 3 aromatic rings. The molecule has 0 radical (unpaired) electrons. The van der Waals surface area contributed by atoms with Gasteiger partial charge in [0.15, 0.2) is 0 Å². The van der Waals surface area contributed by atoms with Crippen LogP contribution in [0.2, 0.25) is 0 Å². The summed E-state index contributed by atoms with van der Waals surface area (Å²) in [6, 6.07) is 16.3. The van der Waals surface area contributed by atoms with Crippen LogP contribution in [-0.4, -0.2) is 32.5 Å². The molecule has 0 fully saturated rings. The minimum absolute atomic E-state index is 0.0862. The molecule has 0 saturated heterocycles. The molecule has 8 nitrogen and oxygen atoms in total. The molecule has 0 unspecified atom stereocenters. The molecule has 3 rings (SSSR count). The lowest BCUT2D eigenvalue weighted by molar-refractivity contribution is 0.601. The Bertz CT molecular complexity index is 1150. The highest BCUT2D eigenvalue weighted by Crippen LogP contribution is 2.21. The van der Waals surface area contributed by atoms with Gasteiger partial charge in [-0.2, -0.15) is 10.2 Å². The summed E-state index contributed by atoms with van der Waals surface area (Å²) in [5.74, 6) is 1.24. The lowest BCUT2D eigenvalue weighted by Gasteiger charge is -2.14. The molecule has 9 heteroatoms. The van der Waals surface area contributed by atoms with Gasteiger partial charge in [-0.15, -0.1) is 0 Å². The predicted octanol–water partition coefficient (Wildman–Crippen LogP) is 3.27. The van der Waals surface area contributed by atoms with Crippen LogP contribution in [0.15, 0.2) is 59.5 Å². The number of nitrogens with zero attached hydrogens (tertiary/aromatic N) is 4. The van der Waals surface area contributed by atoms with Gasteiger partial charge in [-0.25, -0.2) is 13.4 Å². The number of aryl methyl sites for hydroxylation is 1. The molecule has 0 bridgehead atoms. The van der Waals surface area contributed by atoms with E-state index in [2.05, 4.69) is 20.0 Å². The third-order valence-electron chi connectivity index (χ3n) is 3.99. The van der Waals surface area contributed by atoms with E-state index in [9.17, 15) is 8.42 Å². The Hall–Kier alpha value is -3.64. The normalized spacial score (nSPS) is 10.8. The third-order valence-corrected chi connectivity index (χ3v) is 5.38. The van der Waals surface area contributed by atoms with Crippen molar-refractivity contribution in [3.8, 4) is 6.07 Å². The number of benzene rings is 2. The maximum atomic E-state index is 12.5. The van der Waals surface area contributed by atoms with E-state index in [0.717, 1.165) is 17.2 Å². The average Bonchev–Trinajstić information content (AvgIpc) is 2.69. The number of hydrogen-bond donors (Lipinski definition) is 2. The zero-order valence-electron chi connectivity index (χ0n) is 16.2. The quantitative estimate of drug-likeness (QED) is 0.644. The Balaban J connectivity index is 1.74. The third kappa shape index (κ3) is 5.00. The zero-order chi connectivity index (χ0) is 21.0. The second-order valence-corrected chi connectivity index (χ2v) is 8.21. The van der Waals surface area contributed by atoms with Crippen LogP contribution in [0, 0.1) is 18.3 Å². The largest absolute Gasteiger partial charge is 0.363 e. The Morgan fingerprint density at radius 1 is 0.966 bits per heavy atom. The van der Waals surface area contributed by atoms with E-state index in [1.165, 1.54) is 24.3 Å². The van der Waals surface area contributed by atoms with Gasteiger partial charge < -0.3 is 10.2 Å². The fourth-order valence-corrected chi connectivity index (χ4v) is 3.57. The van der Waals surface area contributed by atoms with E-state index >= 15 is 0 Å². The molecule has 0 aliphatic carbocycles. The minimum atomic E-state index is -3.74. The van der Waals surface area contributed by atoms with Gasteiger partial charge in [0, 0.05) is 37.2 Å². The zero-order valence-corrected chi connectivity index (χ0v) is 17.0. The Morgan fingerprint density at radius 2 is 1.59 bits per heavy atom. The number of hydrogen-bond acceptors (Lipinski definition) is 7. The van der Waals surface area contributed by atoms with E-state index < -0.39 is 10.0 Å². The van der Waals surface area contributed by atoms with E-state index in [0.29, 0.717) is 17.2 Å². The molecule has 2 N–H and O–H groups in total. The second-order valence-electron chi connectivity index (χ2n) is 6.53. The van der Waals surface area contributed by atoms with E-state index in [4.69, 9.17) is 5.26 Å². The highest BCUT2D eigenvalue weighted by Gasteiger charge is 2.14. The number of rotatable bonds is 6. The highest BCUT2D eigenvalue weighted by molar-refractivity contribution is 7.92. The fraction of sp³-hybridized carbons (Fsp3) is 0.150. The summed E-state index contributed by atoms with van der Waals surface area (Å²) in [5, 5.41) is 11.9. The van der Waals surface area contributed by atoms with Crippen molar-refractivity contribution in [3.63, 3.8) is 0 Å². The Kier molecular flexibility index (Phi) is 5.66. The summed E-state index contributed by atoms with van der Waals surface area (Å²) in [6.07, 6.45) is 0. The molecule has 1 aromatic heterocycles. The van der Waals surface area contributed by atoms with Crippen molar-refractivity contribution in [2.24, 2.45) is 0 Å². The SMILES string of the molecule is Cc1cc(N(C)C)nc(Nc2ccc(NS(=O)(=O)c3ccc(C#N)cc3)cc2)n1.